The van der Waals surface area contributed by atoms with Crippen LogP contribution in [0.5, 0.6) is 0 Å². The fraction of sp³-hybridized carbons (Fsp3) is 0.333. The van der Waals surface area contributed by atoms with E-state index in [0.29, 0.717) is 25.0 Å². The number of carbonyl (C=O) groups excluding carboxylic acids is 2. The summed E-state index contributed by atoms with van der Waals surface area (Å²) in [4.78, 5) is 23.8. The van der Waals surface area contributed by atoms with Crippen LogP contribution in [0.25, 0.3) is 0 Å². The van der Waals surface area contributed by atoms with Gasteiger partial charge in [-0.05, 0) is 42.2 Å². The van der Waals surface area contributed by atoms with Crippen LogP contribution >= 0.6 is 0 Å². The monoisotopic (exact) mass is 418 g/mol. The SMILES string of the molecule is O=C(C=CC1CCC(C=CC(=O)OCCc2ccccc2)C1)OCCc1ccccc1. The summed E-state index contributed by atoms with van der Waals surface area (Å²) in [6.07, 6.45) is 11.3. The number of hydrogen-bond acceptors (Lipinski definition) is 4. The number of rotatable bonds is 10. The fourth-order valence-electron chi connectivity index (χ4n) is 3.76. The van der Waals surface area contributed by atoms with Gasteiger partial charge in [-0.2, -0.15) is 0 Å². The summed E-state index contributed by atoms with van der Waals surface area (Å²) in [6.45, 7) is 0.769. The van der Waals surface area contributed by atoms with Crippen LogP contribution in [0.15, 0.2) is 85.0 Å². The van der Waals surface area contributed by atoms with Crippen molar-refractivity contribution >= 4 is 11.9 Å². The lowest BCUT2D eigenvalue weighted by molar-refractivity contribution is -0.138. The van der Waals surface area contributed by atoms with Gasteiger partial charge in [-0.3, -0.25) is 0 Å². The molecule has 3 rings (SSSR count). The third-order valence-electron chi connectivity index (χ3n) is 5.48. The highest BCUT2D eigenvalue weighted by molar-refractivity contribution is 5.82. The van der Waals surface area contributed by atoms with E-state index in [2.05, 4.69) is 0 Å². The predicted molar refractivity (Wildman–Crippen MR) is 121 cm³/mol. The molecule has 0 amide bonds. The Hall–Kier alpha value is -3.14. The second-order valence-electron chi connectivity index (χ2n) is 7.86. The van der Waals surface area contributed by atoms with Gasteiger partial charge < -0.3 is 9.47 Å². The van der Waals surface area contributed by atoms with E-state index in [0.717, 1.165) is 43.2 Å². The molecule has 0 radical (unpaired) electrons. The Kier molecular flexibility index (Phi) is 9.11. The Morgan fingerprint density at radius 3 is 1.55 bits per heavy atom. The molecule has 0 aliphatic heterocycles. The molecule has 1 saturated carbocycles. The van der Waals surface area contributed by atoms with E-state index >= 15 is 0 Å². The first kappa shape index (κ1) is 22.5. The normalized spacial score (nSPS) is 18.5. The molecule has 31 heavy (non-hydrogen) atoms. The van der Waals surface area contributed by atoms with Crippen LogP contribution in [0, 0.1) is 11.8 Å². The van der Waals surface area contributed by atoms with E-state index in [4.69, 9.17) is 9.47 Å². The number of ether oxygens (including phenoxy) is 2. The predicted octanol–water partition coefficient (Wildman–Crippen LogP) is 5.09. The van der Waals surface area contributed by atoms with Crippen LogP contribution in [-0.2, 0) is 31.9 Å². The fourth-order valence-corrected chi connectivity index (χ4v) is 3.76. The molecule has 4 heteroatoms. The van der Waals surface area contributed by atoms with Crippen molar-refractivity contribution < 1.29 is 19.1 Å². The first-order valence-corrected chi connectivity index (χ1v) is 11.0. The van der Waals surface area contributed by atoms with Gasteiger partial charge in [0.15, 0.2) is 0 Å². The van der Waals surface area contributed by atoms with Crippen LogP contribution in [-0.4, -0.2) is 25.2 Å². The quantitative estimate of drug-likeness (QED) is 0.398. The van der Waals surface area contributed by atoms with Crippen LogP contribution in [0.2, 0.25) is 0 Å². The van der Waals surface area contributed by atoms with Crippen molar-refractivity contribution in [2.75, 3.05) is 13.2 Å². The first-order valence-electron chi connectivity index (χ1n) is 11.0. The molecule has 2 aromatic rings. The summed E-state index contributed by atoms with van der Waals surface area (Å²) in [6, 6.07) is 19.9. The van der Waals surface area contributed by atoms with Crippen molar-refractivity contribution in [1.29, 1.82) is 0 Å². The Morgan fingerprint density at radius 2 is 1.13 bits per heavy atom. The van der Waals surface area contributed by atoms with Gasteiger partial charge in [0.1, 0.15) is 0 Å². The summed E-state index contributed by atoms with van der Waals surface area (Å²) in [5.41, 5.74) is 2.31. The lowest BCUT2D eigenvalue weighted by Gasteiger charge is -2.05. The van der Waals surface area contributed by atoms with E-state index in [1.807, 2.05) is 72.8 Å². The van der Waals surface area contributed by atoms with E-state index in [-0.39, 0.29) is 11.9 Å². The van der Waals surface area contributed by atoms with E-state index < -0.39 is 0 Å². The van der Waals surface area contributed by atoms with Crippen molar-refractivity contribution in [1.82, 2.24) is 0 Å². The molecule has 0 bridgehead atoms. The van der Waals surface area contributed by atoms with Gasteiger partial charge >= 0.3 is 11.9 Å². The lowest BCUT2D eigenvalue weighted by atomic mass is 10.0. The molecule has 1 fully saturated rings. The molecule has 1 aliphatic carbocycles. The molecular formula is C27H30O4. The maximum atomic E-state index is 11.9. The van der Waals surface area contributed by atoms with Crippen LogP contribution in [0.4, 0.5) is 0 Å². The summed E-state index contributed by atoms with van der Waals surface area (Å²) in [5.74, 6) is 0.0877. The zero-order valence-electron chi connectivity index (χ0n) is 17.8. The van der Waals surface area contributed by atoms with E-state index in [1.165, 1.54) is 0 Å². The molecule has 4 nitrogen and oxygen atoms in total. The topological polar surface area (TPSA) is 52.6 Å². The zero-order valence-corrected chi connectivity index (χ0v) is 17.8. The van der Waals surface area contributed by atoms with Crippen LogP contribution in [0.1, 0.15) is 30.4 Å². The molecule has 0 saturated heterocycles. The molecule has 2 atom stereocenters. The van der Waals surface area contributed by atoms with Crippen molar-refractivity contribution in [3.63, 3.8) is 0 Å². The molecule has 2 unspecified atom stereocenters. The average molecular weight is 419 g/mol. The minimum absolute atomic E-state index is 0.295. The zero-order chi connectivity index (χ0) is 21.7. The standard InChI is InChI=1S/C27H30O4/c28-26(30-19-17-22-7-3-1-4-8-22)15-13-24-11-12-25(21-24)14-16-27(29)31-20-18-23-9-5-2-6-10-23/h1-10,13-16,24-25H,11-12,17-21H2. The minimum Gasteiger partial charge on any atom is -0.462 e. The maximum Gasteiger partial charge on any atom is 0.330 e. The highest BCUT2D eigenvalue weighted by Crippen LogP contribution is 2.32. The van der Waals surface area contributed by atoms with E-state index in [9.17, 15) is 9.59 Å². The Labute approximate surface area is 184 Å². The lowest BCUT2D eigenvalue weighted by Crippen LogP contribution is -2.05. The molecule has 0 aromatic heterocycles. The minimum atomic E-state index is -0.295. The molecule has 0 heterocycles. The maximum absolute atomic E-state index is 11.9. The van der Waals surface area contributed by atoms with Gasteiger partial charge in [0, 0.05) is 25.0 Å². The van der Waals surface area contributed by atoms with Crippen molar-refractivity contribution in [2.24, 2.45) is 11.8 Å². The summed E-state index contributed by atoms with van der Waals surface area (Å²) >= 11 is 0. The molecule has 2 aromatic carbocycles. The number of hydrogen-bond donors (Lipinski definition) is 0. The van der Waals surface area contributed by atoms with Gasteiger partial charge in [0.2, 0.25) is 0 Å². The molecule has 0 N–H and O–H groups in total. The summed E-state index contributed by atoms with van der Waals surface area (Å²) in [7, 11) is 0. The van der Waals surface area contributed by atoms with Crippen LogP contribution < -0.4 is 0 Å². The molecule has 1 aliphatic rings. The van der Waals surface area contributed by atoms with Gasteiger partial charge in [0.25, 0.3) is 0 Å². The smallest absolute Gasteiger partial charge is 0.330 e. The third-order valence-corrected chi connectivity index (χ3v) is 5.48. The van der Waals surface area contributed by atoms with Crippen molar-refractivity contribution in [2.45, 2.75) is 32.1 Å². The Balaban J connectivity index is 1.30. The van der Waals surface area contributed by atoms with Crippen molar-refractivity contribution in [3.05, 3.63) is 96.1 Å². The molecule has 162 valence electrons. The third kappa shape index (κ3) is 8.63. The van der Waals surface area contributed by atoms with Gasteiger partial charge in [-0.25, -0.2) is 9.59 Å². The molecular weight excluding hydrogens is 388 g/mol. The van der Waals surface area contributed by atoms with Crippen molar-refractivity contribution in [3.8, 4) is 0 Å². The second-order valence-corrected chi connectivity index (χ2v) is 7.86. The van der Waals surface area contributed by atoms with Gasteiger partial charge in [-0.15, -0.1) is 0 Å². The van der Waals surface area contributed by atoms with Gasteiger partial charge in [0.05, 0.1) is 13.2 Å². The number of esters is 2. The number of benzene rings is 2. The Morgan fingerprint density at radius 1 is 0.710 bits per heavy atom. The number of allylic oxidation sites excluding steroid dienone is 2. The Bertz CT molecular complexity index is 797. The highest BCUT2D eigenvalue weighted by Gasteiger charge is 2.21. The first-order chi connectivity index (χ1) is 15.2. The molecule has 0 spiro atoms. The second kappa shape index (κ2) is 12.5. The highest BCUT2D eigenvalue weighted by atomic mass is 16.5. The van der Waals surface area contributed by atoms with E-state index in [1.54, 1.807) is 12.2 Å². The largest absolute Gasteiger partial charge is 0.462 e. The van der Waals surface area contributed by atoms with Gasteiger partial charge in [-0.1, -0.05) is 72.8 Å². The summed E-state index contributed by atoms with van der Waals surface area (Å²) < 4.78 is 10.6. The average Bonchev–Trinajstić information content (AvgIpc) is 3.26. The summed E-state index contributed by atoms with van der Waals surface area (Å²) in [5, 5.41) is 0. The van der Waals surface area contributed by atoms with Crippen LogP contribution in [0.3, 0.4) is 0 Å². The number of carbonyl (C=O) groups is 2.